The zero-order valence-corrected chi connectivity index (χ0v) is 16.9. The second kappa shape index (κ2) is 7.08. The summed E-state index contributed by atoms with van der Waals surface area (Å²) >= 11 is 0. The lowest BCUT2D eigenvalue weighted by Gasteiger charge is -2.13. The summed E-state index contributed by atoms with van der Waals surface area (Å²) in [5, 5.41) is 16.9. The summed E-state index contributed by atoms with van der Waals surface area (Å²) in [7, 11) is 1.80. The molecule has 0 atom stereocenters. The third-order valence-electron chi connectivity index (χ3n) is 5.35. The molecule has 1 aliphatic heterocycles. The predicted molar refractivity (Wildman–Crippen MR) is 110 cm³/mol. The first-order valence-corrected chi connectivity index (χ1v) is 9.71. The van der Waals surface area contributed by atoms with Gasteiger partial charge in [0.25, 0.3) is 0 Å². The first kappa shape index (κ1) is 19.0. The molecule has 0 aliphatic carbocycles. The Morgan fingerprint density at radius 1 is 1.39 bits per heavy atom. The molecule has 9 nitrogen and oxygen atoms in total. The molecule has 4 aromatic rings. The number of anilines is 1. The number of halogens is 1. The van der Waals surface area contributed by atoms with Crippen molar-refractivity contribution in [3.8, 4) is 17.0 Å². The molecule has 4 heterocycles. The molecule has 0 bridgehead atoms. The highest BCUT2D eigenvalue weighted by molar-refractivity contribution is 5.88. The maximum Gasteiger partial charge on any atom is 0.356 e. The number of hydrogen-bond donors (Lipinski definition) is 2. The second-order valence-electron chi connectivity index (χ2n) is 7.37. The molecule has 5 rings (SSSR count). The lowest BCUT2D eigenvalue weighted by molar-refractivity contribution is 0.0691. The zero-order chi connectivity index (χ0) is 21.7. The van der Waals surface area contributed by atoms with Crippen molar-refractivity contribution >= 4 is 17.6 Å². The van der Waals surface area contributed by atoms with Crippen LogP contribution in [0.25, 0.3) is 16.9 Å². The largest absolute Gasteiger partial charge is 0.493 e. The standard InChI is InChI=1S/C21H19FN6O3/c1-11-7-17(27(2)26-11)14-9-24-21(28-10-16(20(29)30)25-19(14)28)23-8-13-12-5-6-31-18(12)4-3-15(13)22/h3-4,7,9-10H,5-6,8H2,1-2H3,(H,23,24)(H,29,30). The molecular formula is C21H19FN6O3. The van der Waals surface area contributed by atoms with Crippen molar-refractivity contribution in [3.63, 3.8) is 0 Å². The Morgan fingerprint density at radius 3 is 2.97 bits per heavy atom. The third kappa shape index (κ3) is 3.16. The molecule has 1 aliphatic rings. The molecule has 0 saturated heterocycles. The topological polar surface area (TPSA) is 107 Å². The smallest absolute Gasteiger partial charge is 0.356 e. The number of rotatable bonds is 5. The van der Waals surface area contributed by atoms with Crippen molar-refractivity contribution in [2.45, 2.75) is 19.9 Å². The monoisotopic (exact) mass is 422 g/mol. The first-order chi connectivity index (χ1) is 14.9. The lowest BCUT2D eigenvalue weighted by atomic mass is 10.0. The van der Waals surface area contributed by atoms with Crippen LogP contribution in [-0.4, -0.2) is 41.8 Å². The molecule has 0 spiro atoms. The number of nitrogens with one attached hydrogen (secondary N) is 1. The van der Waals surface area contributed by atoms with Gasteiger partial charge in [-0.05, 0) is 25.1 Å². The number of benzene rings is 1. The van der Waals surface area contributed by atoms with Gasteiger partial charge < -0.3 is 15.2 Å². The number of nitrogens with zero attached hydrogens (tertiary/aromatic N) is 5. The molecule has 3 aromatic heterocycles. The third-order valence-corrected chi connectivity index (χ3v) is 5.35. The Kier molecular flexibility index (Phi) is 4.35. The van der Waals surface area contributed by atoms with Gasteiger partial charge in [0.2, 0.25) is 5.95 Å². The molecule has 31 heavy (non-hydrogen) atoms. The average Bonchev–Trinajstić information content (AvgIpc) is 3.45. The zero-order valence-electron chi connectivity index (χ0n) is 16.9. The number of hydrogen-bond acceptors (Lipinski definition) is 6. The van der Waals surface area contributed by atoms with Gasteiger partial charge in [-0.15, -0.1) is 0 Å². The first-order valence-electron chi connectivity index (χ1n) is 9.71. The van der Waals surface area contributed by atoms with E-state index in [1.807, 2.05) is 13.0 Å². The summed E-state index contributed by atoms with van der Waals surface area (Å²) in [6.07, 6.45) is 3.65. The van der Waals surface area contributed by atoms with Crippen molar-refractivity contribution in [2.75, 3.05) is 11.9 Å². The normalized spacial score (nSPS) is 12.7. The predicted octanol–water partition coefficient (Wildman–Crippen LogP) is 2.82. The van der Waals surface area contributed by atoms with Crippen LogP contribution in [0, 0.1) is 12.7 Å². The summed E-state index contributed by atoms with van der Waals surface area (Å²) in [5.41, 5.74) is 3.86. The number of fused-ring (bicyclic) bond motifs is 2. The number of aromatic nitrogens is 5. The van der Waals surface area contributed by atoms with Crippen LogP contribution >= 0.6 is 0 Å². The minimum atomic E-state index is -1.15. The number of ether oxygens (including phenoxy) is 1. The van der Waals surface area contributed by atoms with E-state index < -0.39 is 5.97 Å². The minimum Gasteiger partial charge on any atom is -0.493 e. The average molecular weight is 422 g/mol. The molecule has 0 fully saturated rings. The van der Waals surface area contributed by atoms with Crippen LogP contribution in [0.2, 0.25) is 0 Å². The summed E-state index contributed by atoms with van der Waals surface area (Å²) < 4.78 is 23.3. The molecule has 0 amide bonds. The number of aromatic carboxylic acids is 1. The molecule has 10 heteroatoms. The van der Waals surface area contributed by atoms with Crippen LogP contribution in [0.3, 0.4) is 0 Å². The van der Waals surface area contributed by atoms with E-state index in [9.17, 15) is 14.3 Å². The van der Waals surface area contributed by atoms with Crippen LogP contribution in [0.15, 0.2) is 30.6 Å². The molecule has 0 radical (unpaired) electrons. The second-order valence-corrected chi connectivity index (χ2v) is 7.37. The van der Waals surface area contributed by atoms with Gasteiger partial charge in [0.1, 0.15) is 11.6 Å². The maximum absolute atomic E-state index is 14.5. The van der Waals surface area contributed by atoms with Gasteiger partial charge in [-0.25, -0.2) is 19.2 Å². The number of carbonyl (C=O) groups is 1. The van der Waals surface area contributed by atoms with E-state index in [1.165, 1.54) is 12.3 Å². The van der Waals surface area contributed by atoms with Crippen molar-refractivity contribution < 1.29 is 19.0 Å². The Morgan fingerprint density at radius 2 is 2.23 bits per heavy atom. The van der Waals surface area contributed by atoms with E-state index >= 15 is 0 Å². The van der Waals surface area contributed by atoms with Gasteiger partial charge >= 0.3 is 5.97 Å². The fraction of sp³-hybridized carbons (Fsp3) is 0.238. The van der Waals surface area contributed by atoms with E-state index in [-0.39, 0.29) is 18.1 Å². The van der Waals surface area contributed by atoms with E-state index in [0.717, 1.165) is 17.0 Å². The number of imidazole rings is 1. The van der Waals surface area contributed by atoms with Gasteiger partial charge in [0, 0.05) is 43.5 Å². The summed E-state index contributed by atoms with van der Waals surface area (Å²) in [4.78, 5) is 20.3. The Bertz CT molecular complexity index is 1340. The molecule has 158 valence electrons. The fourth-order valence-electron chi connectivity index (χ4n) is 3.93. The Balaban J connectivity index is 1.58. The quantitative estimate of drug-likeness (QED) is 0.509. The van der Waals surface area contributed by atoms with Gasteiger partial charge in [-0.1, -0.05) is 0 Å². The van der Waals surface area contributed by atoms with Gasteiger partial charge in [0.05, 0.1) is 23.6 Å². The number of carboxylic acid groups (broad SMARTS) is 1. The molecule has 2 N–H and O–H groups in total. The van der Waals surface area contributed by atoms with Crippen molar-refractivity contribution in [1.29, 1.82) is 0 Å². The van der Waals surface area contributed by atoms with Crippen LogP contribution in [0.4, 0.5) is 10.3 Å². The van der Waals surface area contributed by atoms with Crippen LogP contribution in [0.1, 0.15) is 27.3 Å². The molecule has 0 unspecified atom stereocenters. The fourth-order valence-corrected chi connectivity index (χ4v) is 3.93. The molecule has 0 saturated carbocycles. The Labute approximate surface area is 176 Å². The van der Waals surface area contributed by atoms with Gasteiger partial charge in [-0.2, -0.15) is 5.10 Å². The molecular weight excluding hydrogens is 403 g/mol. The van der Waals surface area contributed by atoms with Gasteiger partial charge in [0.15, 0.2) is 11.3 Å². The molecule has 1 aromatic carbocycles. The highest BCUT2D eigenvalue weighted by Gasteiger charge is 2.21. The highest BCUT2D eigenvalue weighted by Crippen LogP contribution is 2.31. The van der Waals surface area contributed by atoms with E-state index in [2.05, 4.69) is 20.4 Å². The van der Waals surface area contributed by atoms with E-state index in [1.54, 1.807) is 28.4 Å². The van der Waals surface area contributed by atoms with Crippen molar-refractivity contribution in [2.24, 2.45) is 7.05 Å². The van der Waals surface area contributed by atoms with Gasteiger partial charge in [-0.3, -0.25) is 9.08 Å². The summed E-state index contributed by atoms with van der Waals surface area (Å²) in [6, 6.07) is 4.90. The summed E-state index contributed by atoms with van der Waals surface area (Å²) in [6.45, 7) is 2.57. The minimum absolute atomic E-state index is 0.114. The highest BCUT2D eigenvalue weighted by atomic mass is 19.1. The number of carboxylic acids is 1. The van der Waals surface area contributed by atoms with Crippen LogP contribution in [0.5, 0.6) is 5.75 Å². The van der Waals surface area contributed by atoms with E-state index in [0.29, 0.717) is 41.5 Å². The lowest BCUT2D eigenvalue weighted by Crippen LogP contribution is -2.10. The van der Waals surface area contributed by atoms with Crippen molar-refractivity contribution in [1.82, 2.24) is 24.1 Å². The Hall–Kier alpha value is -3.95. The van der Waals surface area contributed by atoms with Crippen LogP contribution < -0.4 is 10.1 Å². The summed E-state index contributed by atoms with van der Waals surface area (Å²) in [5.74, 6) is -0.430. The van der Waals surface area contributed by atoms with E-state index in [4.69, 9.17) is 4.74 Å². The number of aryl methyl sites for hydroxylation is 2. The SMILES string of the molecule is Cc1cc(-c2cnc(NCc3c(F)ccc4c3CCO4)n3cc(C(=O)O)nc23)n(C)n1. The van der Waals surface area contributed by atoms with Crippen LogP contribution in [-0.2, 0) is 20.0 Å². The van der Waals surface area contributed by atoms with Crippen molar-refractivity contribution in [3.05, 3.63) is 58.9 Å². The maximum atomic E-state index is 14.5.